The maximum atomic E-state index is 5.64. The smallest absolute Gasteiger partial charge is 0.0465 e. The molecule has 18 heavy (non-hydrogen) atoms. The van der Waals surface area contributed by atoms with Gasteiger partial charge < -0.3 is 4.74 Å². The summed E-state index contributed by atoms with van der Waals surface area (Å²) in [6.45, 7) is 5.11. The van der Waals surface area contributed by atoms with Crippen molar-refractivity contribution in [3.05, 3.63) is 29.8 Å². The number of thioether (sulfide) groups is 1. The number of hydrogen-bond donors (Lipinski definition) is 2. The minimum atomic E-state index is 0.311. The average molecular weight is 268 g/mol. The molecule has 0 aliphatic rings. The molecule has 0 bridgehead atoms. The van der Waals surface area contributed by atoms with Crippen LogP contribution < -0.4 is 11.3 Å². The molecule has 0 heterocycles. The molecule has 0 aliphatic carbocycles. The Hall–Kier alpha value is -0.550. The van der Waals surface area contributed by atoms with Crippen LogP contribution in [0.4, 0.5) is 0 Å². The molecule has 102 valence electrons. The molecule has 1 aromatic carbocycles. The van der Waals surface area contributed by atoms with Gasteiger partial charge in [0.05, 0.1) is 0 Å². The number of hydrogen-bond acceptors (Lipinski definition) is 4. The number of ether oxygens (including phenoxy) is 1. The van der Waals surface area contributed by atoms with Gasteiger partial charge in [-0.1, -0.05) is 24.6 Å². The molecule has 3 nitrogen and oxygen atoms in total. The zero-order chi connectivity index (χ0) is 13.4. The third-order valence-electron chi connectivity index (χ3n) is 3.10. The quantitative estimate of drug-likeness (QED) is 0.432. The molecule has 2 unspecified atom stereocenters. The summed E-state index contributed by atoms with van der Waals surface area (Å²) >= 11 is 1.85. The molecule has 3 N–H and O–H groups in total. The summed E-state index contributed by atoms with van der Waals surface area (Å²) in [4.78, 5) is 1.30. The zero-order valence-electron chi connectivity index (χ0n) is 11.5. The normalized spacial score (nSPS) is 14.4. The predicted octanol–water partition coefficient (Wildman–Crippen LogP) is 2.59. The van der Waals surface area contributed by atoms with Gasteiger partial charge in [0.2, 0.25) is 0 Å². The van der Waals surface area contributed by atoms with Gasteiger partial charge in [0.15, 0.2) is 0 Å². The first kappa shape index (κ1) is 15.5. The van der Waals surface area contributed by atoms with Crippen LogP contribution in [0.25, 0.3) is 0 Å². The van der Waals surface area contributed by atoms with Crippen LogP contribution in [-0.4, -0.2) is 25.5 Å². The topological polar surface area (TPSA) is 47.3 Å². The number of nitrogens with two attached hydrogens (primary N) is 1. The Bertz CT molecular complexity index is 346. The highest BCUT2D eigenvalue weighted by Crippen LogP contribution is 2.22. The highest BCUT2D eigenvalue weighted by molar-refractivity contribution is 7.99. The zero-order valence-corrected chi connectivity index (χ0v) is 12.3. The van der Waals surface area contributed by atoms with Gasteiger partial charge in [-0.2, -0.15) is 0 Å². The Kier molecular flexibility index (Phi) is 7.35. The second-order valence-corrected chi connectivity index (χ2v) is 5.75. The Morgan fingerprint density at radius 1 is 1.44 bits per heavy atom. The van der Waals surface area contributed by atoms with Gasteiger partial charge in [0.25, 0.3) is 0 Å². The van der Waals surface area contributed by atoms with Gasteiger partial charge in [-0.25, -0.2) is 0 Å². The lowest BCUT2D eigenvalue weighted by molar-refractivity contribution is 0.172. The molecule has 0 fully saturated rings. The molecule has 0 radical (unpaired) electrons. The van der Waals surface area contributed by atoms with Gasteiger partial charge in [0.1, 0.15) is 0 Å². The summed E-state index contributed by atoms with van der Waals surface area (Å²) in [5.41, 5.74) is 4.22. The van der Waals surface area contributed by atoms with Gasteiger partial charge >= 0.3 is 0 Å². The van der Waals surface area contributed by atoms with E-state index in [1.807, 2.05) is 11.8 Å². The molecule has 0 aromatic heterocycles. The number of hydrazine groups is 1. The van der Waals surface area contributed by atoms with E-state index in [4.69, 9.17) is 10.6 Å². The molecule has 1 aromatic rings. The fourth-order valence-electron chi connectivity index (χ4n) is 1.77. The van der Waals surface area contributed by atoms with Crippen molar-refractivity contribution in [1.29, 1.82) is 0 Å². The lowest BCUT2D eigenvalue weighted by Gasteiger charge is -2.22. The maximum Gasteiger partial charge on any atom is 0.0465 e. The summed E-state index contributed by atoms with van der Waals surface area (Å²) < 4.78 is 5.11. The predicted molar refractivity (Wildman–Crippen MR) is 78.7 cm³/mol. The second kappa shape index (κ2) is 8.53. The SMILES string of the molecule is COCCC(C)C(CSc1cccc(C)c1)NN. The Balaban J connectivity index is 2.43. The van der Waals surface area contributed by atoms with Crippen molar-refractivity contribution in [2.24, 2.45) is 11.8 Å². The molecule has 0 amide bonds. The molecule has 1 rings (SSSR count). The third-order valence-corrected chi connectivity index (χ3v) is 4.21. The number of benzene rings is 1. The van der Waals surface area contributed by atoms with Crippen LogP contribution in [0.5, 0.6) is 0 Å². The van der Waals surface area contributed by atoms with Crippen LogP contribution in [0.15, 0.2) is 29.2 Å². The van der Waals surface area contributed by atoms with Crippen molar-refractivity contribution in [2.45, 2.75) is 31.2 Å². The van der Waals surface area contributed by atoms with E-state index < -0.39 is 0 Å². The van der Waals surface area contributed by atoms with Crippen molar-refractivity contribution in [2.75, 3.05) is 19.5 Å². The molecular formula is C14H24N2OS. The highest BCUT2D eigenvalue weighted by Gasteiger charge is 2.15. The fraction of sp³-hybridized carbons (Fsp3) is 0.571. The van der Waals surface area contributed by atoms with Crippen molar-refractivity contribution >= 4 is 11.8 Å². The largest absolute Gasteiger partial charge is 0.385 e. The molecule has 4 heteroatoms. The van der Waals surface area contributed by atoms with Crippen LogP contribution in [0.1, 0.15) is 18.9 Å². The van der Waals surface area contributed by atoms with Crippen molar-refractivity contribution < 1.29 is 4.74 Å². The summed E-state index contributed by atoms with van der Waals surface area (Å²) in [6, 6.07) is 8.87. The molecular weight excluding hydrogens is 244 g/mol. The summed E-state index contributed by atoms with van der Waals surface area (Å²) in [6.07, 6.45) is 1.03. The first-order valence-electron chi connectivity index (χ1n) is 6.32. The average Bonchev–Trinajstić information content (AvgIpc) is 2.37. The molecule has 0 aliphatic heterocycles. The van der Waals surface area contributed by atoms with Gasteiger partial charge in [-0.3, -0.25) is 11.3 Å². The van der Waals surface area contributed by atoms with Crippen LogP contribution in [0.2, 0.25) is 0 Å². The second-order valence-electron chi connectivity index (χ2n) is 4.66. The number of aryl methyl sites for hydroxylation is 1. The lowest BCUT2D eigenvalue weighted by atomic mass is 10.0. The summed E-state index contributed by atoms with van der Waals surface area (Å²) in [7, 11) is 1.74. The minimum absolute atomic E-state index is 0.311. The van der Waals surface area contributed by atoms with E-state index >= 15 is 0 Å². The fourth-order valence-corrected chi connectivity index (χ4v) is 3.01. The Morgan fingerprint density at radius 2 is 2.22 bits per heavy atom. The van der Waals surface area contributed by atoms with Crippen LogP contribution >= 0.6 is 11.8 Å². The van der Waals surface area contributed by atoms with Crippen LogP contribution in [-0.2, 0) is 4.74 Å². The lowest BCUT2D eigenvalue weighted by Crippen LogP contribution is -2.42. The van der Waals surface area contributed by atoms with Crippen molar-refractivity contribution in [3.63, 3.8) is 0 Å². The first-order chi connectivity index (χ1) is 8.67. The summed E-state index contributed by atoms with van der Waals surface area (Å²) in [5, 5.41) is 0. The standard InChI is InChI=1S/C14H24N2OS/c1-11-5-4-6-13(9-11)18-10-14(16-15)12(2)7-8-17-3/h4-6,9,12,14,16H,7-8,10,15H2,1-3H3. The van der Waals surface area contributed by atoms with E-state index in [0.29, 0.717) is 12.0 Å². The minimum Gasteiger partial charge on any atom is -0.385 e. The molecule has 0 saturated heterocycles. The van der Waals surface area contributed by atoms with Crippen LogP contribution in [0, 0.1) is 12.8 Å². The molecule has 0 spiro atoms. The molecule has 0 saturated carbocycles. The summed E-state index contributed by atoms with van der Waals surface area (Å²) in [5.74, 6) is 7.12. The van der Waals surface area contributed by atoms with E-state index in [1.165, 1.54) is 10.5 Å². The van der Waals surface area contributed by atoms with Gasteiger partial charge in [0, 0.05) is 30.4 Å². The molecule has 2 atom stereocenters. The van der Waals surface area contributed by atoms with Crippen molar-refractivity contribution in [1.82, 2.24) is 5.43 Å². The monoisotopic (exact) mass is 268 g/mol. The Morgan fingerprint density at radius 3 is 2.83 bits per heavy atom. The Labute approximate surface area is 114 Å². The maximum absolute atomic E-state index is 5.64. The van der Waals surface area contributed by atoms with Gasteiger partial charge in [-0.05, 0) is 31.4 Å². The van der Waals surface area contributed by atoms with E-state index in [9.17, 15) is 0 Å². The number of nitrogens with one attached hydrogen (secondary N) is 1. The van der Waals surface area contributed by atoms with E-state index in [2.05, 4.69) is 43.5 Å². The number of rotatable bonds is 8. The first-order valence-corrected chi connectivity index (χ1v) is 7.30. The van der Waals surface area contributed by atoms with Gasteiger partial charge in [-0.15, -0.1) is 11.8 Å². The number of methoxy groups -OCH3 is 1. The van der Waals surface area contributed by atoms with E-state index in [0.717, 1.165) is 18.8 Å². The highest BCUT2D eigenvalue weighted by atomic mass is 32.2. The van der Waals surface area contributed by atoms with E-state index in [-0.39, 0.29) is 0 Å². The van der Waals surface area contributed by atoms with Crippen LogP contribution in [0.3, 0.4) is 0 Å². The van der Waals surface area contributed by atoms with E-state index in [1.54, 1.807) is 7.11 Å². The van der Waals surface area contributed by atoms with Crippen molar-refractivity contribution in [3.8, 4) is 0 Å². The third kappa shape index (κ3) is 5.40.